The van der Waals surface area contributed by atoms with E-state index < -0.39 is 23.5 Å². The molecule has 3 heterocycles. The molecule has 1 amide bonds. The fourth-order valence-corrected chi connectivity index (χ4v) is 6.97. The number of methoxy groups -OCH3 is 1. The standard InChI is InChI=1S/C25H17BrClN3O5S3/c1-35-16-10-13(9-15(26)20(16)31)19-18(21(32)17-3-2-8-36-17)22(33)23(34)30(19)24-28-29-25(38-24)37-11-12-4-6-14(27)7-5-12/h2-10,19,31,33H,11H2,1H3. The predicted octanol–water partition coefficient (Wildman–Crippen LogP) is 6.80. The summed E-state index contributed by atoms with van der Waals surface area (Å²) in [6, 6.07) is 12.8. The molecule has 2 N–H and O–H groups in total. The quantitative estimate of drug-likeness (QED) is 0.122. The van der Waals surface area contributed by atoms with Crippen LogP contribution in [0, 0.1) is 0 Å². The van der Waals surface area contributed by atoms with Gasteiger partial charge in [-0.15, -0.1) is 21.5 Å². The summed E-state index contributed by atoms with van der Waals surface area (Å²) in [7, 11) is 1.39. The van der Waals surface area contributed by atoms with Crippen LogP contribution in [0.1, 0.15) is 26.8 Å². The first-order valence-corrected chi connectivity index (χ1v) is 14.8. The molecular weight excluding hydrogens is 634 g/mol. The van der Waals surface area contributed by atoms with E-state index in [0.717, 1.165) is 5.56 Å². The maximum absolute atomic E-state index is 13.5. The van der Waals surface area contributed by atoms with Crippen molar-refractivity contribution in [2.24, 2.45) is 0 Å². The van der Waals surface area contributed by atoms with Crippen LogP contribution in [0.2, 0.25) is 5.02 Å². The number of thiophene rings is 1. The molecule has 2 aromatic heterocycles. The van der Waals surface area contributed by atoms with Crippen molar-refractivity contribution in [2.45, 2.75) is 16.1 Å². The number of thioether (sulfide) groups is 1. The minimum Gasteiger partial charge on any atom is -0.503 e. The molecule has 1 atom stereocenters. The Morgan fingerprint density at radius 1 is 1.21 bits per heavy atom. The molecule has 194 valence electrons. The van der Waals surface area contributed by atoms with Gasteiger partial charge in [-0.25, -0.2) is 0 Å². The van der Waals surface area contributed by atoms with Crippen LogP contribution in [-0.4, -0.2) is 39.2 Å². The zero-order chi connectivity index (χ0) is 27.0. The van der Waals surface area contributed by atoms with Crippen molar-refractivity contribution in [3.63, 3.8) is 0 Å². The molecule has 1 aliphatic rings. The molecular formula is C25H17BrClN3O5S3. The highest BCUT2D eigenvalue weighted by atomic mass is 79.9. The molecule has 1 unspecified atom stereocenters. The number of ether oxygens (including phenoxy) is 1. The van der Waals surface area contributed by atoms with E-state index in [1.807, 2.05) is 12.1 Å². The lowest BCUT2D eigenvalue weighted by Gasteiger charge is -2.24. The number of hydrogen-bond donors (Lipinski definition) is 2. The highest BCUT2D eigenvalue weighted by Crippen LogP contribution is 2.47. The van der Waals surface area contributed by atoms with Gasteiger partial charge in [-0.05, 0) is 62.8 Å². The smallest absolute Gasteiger partial charge is 0.296 e. The van der Waals surface area contributed by atoms with Crippen LogP contribution in [0.4, 0.5) is 5.13 Å². The summed E-state index contributed by atoms with van der Waals surface area (Å²) in [5.41, 5.74) is 1.37. The Bertz CT molecular complexity index is 1560. The van der Waals surface area contributed by atoms with Gasteiger partial charge in [0.1, 0.15) is 0 Å². The summed E-state index contributed by atoms with van der Waals surface area (Å²) in [6.45, 7) is 0. The van der Waals surface area contributed by atoms with Gasteiger partial charge in [-0.3, -0.25) is 14.5 Å². The van der Waals surface area contributed by atoms with Gasteiger partial charge in [-0.1, -0.05) is 52.9 Å². The number of aromatic hydroxyl groups is 1. The molecule has 2 aromatic carbocycles. The van der Waals surface area contributed by atoms with Crippen LogP contribution < -0.4 is 9.64 Å². The number of halogens is 2. The first kappa shape index (κ1) is 26.7. The predicted molar refractivity (Wildman–Crippen MR) is 152 cm³/mol. The molecule has 4 aromatic rings. The maximum atomic E-state index is 13.5. The molecule has 0 spiro atoms. The number of phenols is 1. The molecule has 8 nitrogen and oxygen atoms in total. The van der Waals surface area contributed by atoms with Crippen molar-refractivity contribution in [1.29, 1.82) is 0 Å². The SMILES string of the molecule is COc1cc(C2C(C(=O)c3cccs3)=C(O)C(=O)N2c2nnc(SCc3ccc(Cl)cc3)s2)cc(Br)c1O. The number of ketones is 1. The zero-order valence-corrected chi connectivity index (χ0v) is 24.2. The van der Waals surface area contributed by atoms with Crippen molar-refractivity contribution in [3.05, 3.63) is 90.7 Å². The second kappa shape index (κ2) is 11.1. The fourth-order valence-electron chi connectivity index (χ4n) is 3.88. The second-order valence-corrected chi connectivity index (χ2v) is 12.4. The van der Waals surface area contributed by atoms with E-state index in [-0.39, 0.29) is 22.2 Å². The zero-order valence-electron chi connectivity index (χ0n) is 19.4. The van der Waals surface area contributed by atoms with Crippen molar-refractivity contribution in [2.75, 3.05) is 12.0 Å². The number of benzene rings is 2. The summed E-state index contributed by atoms with van der Waals surface area (Å²) in [5.74, 6) is -1.32. The Hall–Kier alpha value is -2.90. The number of aliphatic hydroxyl groups excluding tert-OH is 1. The molecule has 0 fully saturated rings. The van der Waals surface area contributed by atoms with Crippen LogP contribution in [-0.2, 0) is 10.5 Å². The third-order valence-electron chi connectivity index (χ3n) is 5.66. The number of rotatable bonds is 8. The number of carbonyl (C=O) groups is 2. The molecule has 0 saturated carbocycles. The van der Waals surface area contributed by atoms with Gasteiger partial charge < -0.3 is 14.9 Å². The lowest BCUT2D eigenvalue weighted by molar-refractivity contribution is -0.117. The fraction of sp³-hybridized carbons (Fsp3) is 0.120. The molecule has 0 saturated heterocycles. The number of amides is 1. The summed E-state index contributed by atoms with van der Waals surface area (Å²) < 4.78 is 6.19. The van der Waals surface area contributed by atoms with Crippen molar-refractivity contribution in [1.82, 2.24) is 10.2 Å². The number of aromatic nitrogens is 2. The van der Waals surface area contributed by atoms with E-state index in [9.17, 15) is 19.8 Å². The van der Waals surface area contributed by atoms with Gasteiger partial charge >= 0.3 is 0 Å². The van der Waals surface area contributed by atoms with Crippen LogP contribution in [0.25, 0.3) is 0 Å². The van der Waals surface area contributed by atoms with E-state index >= 15 is 0 Å². The molecule has 5 rings (SSSR count). The van der Waals surface area contributed by atoms with Crippen molar-refractivity contribution in [3.8, 4) is 11.5 Å². The highest BCUT2D eigenvalue weighted by Gasteiger charge is 2.46. The third-order valence-corrected chi connectivity index (χ3v) is 9.51. The molecule has 0 radical (unpaired) electrons. The summed E-state index contributed by atoms with van der Waals surface area (Å²) in [6.07, 6.45) is 0. The average molecular weight is 651 g/mol. The number of hydrogen-bond acceptors (Lipinski definition) is 10. The summed E-state index contributed by atoms with van der Waals surface area (Å²) in [4.78, 5) is 28.5. The lowest BCUT2D eigenvalue weighted by atomic mass is 9.95. The number of carbonyl (C=O) groups excluding carboxylic acids is 2. The molecule has 13 heteroatoms. The topological polar surface area (TPSA) is 113 Å². The van der Waals surface area contributed by atoms with E-state index in [0.29, 0.717) is 30.0 Å². The van der Waals surface area contributed by atoms with Crippen LogP contribution in [0.5, 0.6) is 11.5 Å². The largest absolute Gasteiger partial charge is 0.503 e. The number of phenolic OH excluding ortho intramolecular Hbond substituents is 1. The Balaban J connectivity index is 1.54. The van der Waals surface area contributed by atoms with E-state index in [4.69, 9.17) is 16.3 Å². The van der Waals surface area contributed by atoms with Gasteiger partial charge in [0.15, 0.2) is 21.6 Å². The van der Waals surface area contributed by atoms with Gasteiger partial charge in [0.2, 0.25) is 10.9 Å². The van der Waals surface area contributed by atoms with E-state index in [1.54, 1.807) is 35.7 Å². The minimum atomic E-state index is -1.04. The first-order chi connectivity index (χ1) is 18.3. The number of nitrogens with zero attached hydrogens (tertiary/aromatic N) is 3. The summed E-state index contributed by atoms with van der Waals surface area (Å²) >= 11 is 13.1. The van der Waals surface area contributed by atoms with Crippen LogP contribution >= 0.6 is 62.0 Å². The van der Waals surface area contributed by atoms with Gasteiger partial charge in [0.25, 0.3) is 5.91 Å². The minimum absolute atomic E-state index is 0.0948. The number of aliphatic hydroxyl groups is 1. The molecule has 1 aliphatic heterocycles. The molecule has 0 aliphatic carbocycles. The van der Waals surface area contributed by atoms with Crippen LogP contribution in [0.15, 0.2) is 74.1 Å². The van der Waals surface area contributed by atoms with Gasteiger partial charge in [-0.2, -0.15) is 0 Å². The third kappa shape index (κ3) is 5.06. The van der Waals surface area contributed by atoms with Gasteiger partial charge in [0, 0.05) is 10.8 Å². The van der Waals surface area contributed by atoms with Crippen molar-refractivity contribution < 1.29 is 24.5 Å². The average Bonchev–Trinajstić information content (AvgIpc) is 3.66. The maximum Gasteiger partial charge on any atom is 0.296 e. The van der Waals surface area contributed by atoms with E-state index in [2.05, 4.69) is 26.1 Å². The Morgan fingerprint density at radius 2 is 1.97 bits per heavy atom. The van der Waals surface area contributed by atoms with E-state index in [1.165, 1.54) is 52.5 Å². The summed E-state index contributed by atoms with van der Waals surface area (Å²) in [5, 5.41) is 32.3. The van der Waals surface area contributed by atoms with Crippen molar-refractivity contribution >= 4 is 78.8 Å². The second-order valence-electron chi connectivity index (χ2n) is 7.97. The Kier molecular flexibility index (Phi) is 7.78. The van der Waals surface area contributed by atoms with Crippen LogP contribution in [0.3, 0.4) is 0 Å². The monoisotopic (exact) mass is 649 g/mol. The molecule has 38 heavy (non-hydrogen) atoms. The lowest BCUT2D eigenvalue weighted by Crippen LogP contribution is -2.31. The number of anilines is 1. The highest BCUT2D eigenvalue weighted by molar-refractivity contribution is 9.10. The number of Topliss-reactive ketones (excluding diaryl/α,β-unsaturated/α-hetero) is 1. The first-order valence-electron chi connectivity index (χ1n) is 10.9. The van der Waals surface area contributed by atoms with Gasteiger partial charge in [0.05, 0.1) is 28.1 Å². The molecule has 0 bridgehead atoms. The normalized spacial score (nSPS) is 15.4. The Labute approximate surface area is 242 Å². The Morgan fingerprint density at radius 3 is 2.66 bits per heavy atom.